The molecule has 0 aliphatic carbocycles. The fourth-order valence-corrected chi connectivity index (χ4v) is 3.04. The minimum atomic E-state index is -0.542. The third-order valence-corrected chi connectivity index (χ3v) is 4.47. The number of methoxy groups -OCH3 is 1. The highest BCUT2D eigenvalue weighted by Gasteiger charge is 2.37. The van der Waals surface area contributed by atoms with Gasteiger partial charge in [0.1, 0.15) is 11.4 Å². The molecule has 1 amide bonds. The summed E-state index contributed by atoms with van der Waals surface area (Å²) in [5.41, 5.74) is 1.38. The largest absolute Gasteiger partial charge is 0.497 e. The van der Waals surface area contributed by atoms with E-state index in [4.69, 9.17) is 14.2 Å². The first kappa shape index (κ1) is 20.7. The van der Waals surface area contributed by atoms with Crippen molar-refractivity contribution in [2.24, 2.45) is 0 Å². The van der Waals surface area contributed by atoms with Crippen LogP contribution in [0.5, 0.6) is 5.75 Å². The zero-order chi connectivity index (χ0) is 21.2. The molecule has 29 heavy (non-hydrogen) atoms. The lowest BCUT2D eigenvalue weighted by Gasteiger charge is -2.40. The van der Waals surface area contributed by atoms with Crippen LogP contribution in [0.25, 0.3) is 11.3 Å². The van der Waals surface area contributed by atoms with Gasteiger partial charge in [-0.25, -0.2) is 9.59 Å². The molecule has 8 heteroatoms. The summed E-state index contributed by atoms with van der Waals surface area (Å²) < 4.78 is 17.5. The Morgan fingerprint density at radius 2 is 1.83 bits per heavy atom. The summed E-state index contributed by atoms with van der Waals surface area (Å²) >= 11 is 0. The SMILES string of the molecule is CCOC(=O)c1cc(-c2ccc(OC)cc2)n(C2CN(C(=O)OC(C)(C)C)C2)n1. The van der Waals surface area contributed by atoms with Crippen molar-refractivity contribution in [2.75, 3.05) is 26.8 Å². The van der Waals surface area contributed by atoms with Crippen LogP contribution in [0.15, 0.2) is 30.3 Å². The van der Waals surface area contributed by atoms with E-state index in [9.17, 15) is 9.59 Å². The fraction of sp³-hybridized carbons (Fsp3) is 0.476. The van der Waals surface area contributed by atoms with Crippen molar-refractivity contribution in [3.63, 3.8) is 0 Å². The summed E-state index contributed by atoms with van der Waals surface area (Å²) in [4.78, 5) is 26.0. The Kier molecular flexibility index (Phi) is 5.81. The monoisotopic (exact) mass is 401 g/mol. The molecule has 0 spiro atoms. The molecule has 2 aromatic rings. The molecule has 1 fully saturated rings. The molecule has 0 N–H and O–H groups in total. The number of hydrogen-bond acceptors (Lipinski definition) is 6. The minimum Gasteiger partial charge on any atom is -0.497 e. The maximum atomic E-state index is 12.2. The summed E-state index contributed by atoms with van der Waals surface area (Å²) in [5.74, 6) is 0.273. The molecular formula is C21H27N3O5. The number of ether oxygens (including phenoxy) is 3. The summed E-state index contributed by atoms with van der Waals surface area (Å²) in [6, 6.07) is 9.19. The number of aromatic nitrogens is 2. The quantitative estimate of drug-likeness (QED) is 0.713. The van der Waals surface area contributed by atoms with Crippen LogP contribution in [-0.4, -0.2) is 59.2 Å². The van der Waals surface area contributed by atoms with Gasteiger partial charge in [0.2, 0.25) is 0 Å². The van der Waals surface area contributed by atoms with Crippen LogP contribution in [0.2, 0.25) is 0 Å². The lowest BCUT2D eigenvalue weighted by atomic mass is 10.1. The van der Waals surface area contributed by atoms with Crippen LogP contribution >= 0.6 is 0 Å². The summed E-state index contributed by atoms with van der Waals surface area (Å²) in [5, 5.41) is 4.47. The first-order valence-electron chi connectivity index (χ1n) is 9.61. The number of esters is 1. The lowest BCUT2D eigenvalue weighted by Crippen LogP contribution is -2.52. The highest BCUT2D eigenvalue weighted by molar-refractivity contribution is 5.88. The predicted octanol–water partition coefficient (Wildman–Crippen LogP) is 3.53. The molecule has 0 atom stereocenters. The molecule has 1 saturated heterocycles. The van der Waals surface area contributed by atoms with E-state index in [1.54, 1.807) is 29.7 Å². The zero-order valence-electron chi connectivity index (χ0n) is 17.5. The van der Waals surface area contributed by atoms with Crippen LogP contribution in [0.3, 0.4) is 0 Å². The van der Waals surface area contributed by atoms with Crippen molar-refractivity contribution >= 4 is 12.1 Å². The zero-order valence-corrected chi connectivity index (χ0v) is 17.5. The van der Waals surface area contributed by atoms with E-state index in [1.165, 1.54) is 0 Å². The Balaban J connectivity index is 1.83. The van der Waals surface area contributed by atoms with Gasteiger partial charge >= 0.3 is 12.1 Å². The van der Waals surface area contributed by atoms with E-state index in [0.717, 1.165) is 17.0 Å². The van der Waals surface area contributed by atoms with Gasteiger partial charge in [0, 0.05) is 18.7 Å². The molecule has 1 aliphatic rings. The smallest absolute Gasteiger partial charge is 0.410 e. The highest BCUT2D eigenvalue weighted by Crippen LogP contribution is 2.31. The molecule has 0 radical (unpaired) electrons. The van der Waals surface area contributed by atoms with Gasteiger partial charge in [0.05, 0.1) is 25.5 Å². The number of hydrogen-bond donors (Lipinski definition) is 0. The number of amides is 1. The highest BCUT2D eigenvalue weighted by atomic mass is 16.6. The molecule has 0 bridgehead atoms. The molecule has 1 aromatic carbocycles. The average molecular weight is 401 g/mol. The number of benzene rings is 1. The molecule has 8 nitrogen and oxygen atoms in total. The van der Waals surface area contributed by atoms with Crippen molar-refractivity contribution < 1.29 is 23.8 Å². The summed E-state index contributed by atoms with van der Waals surface area (Å²) in [7, 11) is 1.61. The van der Waals surface area contributed by atoms with Crippen LogP contribution in [0.4, 0.5) is 4.79 Å². The molecule has 2 heterocycles. The Hall–Kier alpha value is -3.03. The van der Waals surface area contributed by atoms with E-state index in [-0.39, 0.29) is 24.4 Å². The third kappa shape index (κ3) is 4.70. The Bertz CT molecular complexity index is 877. The molecule has 0 unspecified atom stereocenters. The topological polar surface area (TPSA) is 82.9 Å². The van der Waals surface area contributed by atoms with Crippen LogP contribution in [0, 0.1) is 0 Å². The van der Waals surface area contributed by atoms with E-state index in [2.05, 4.69) is 5.10 Å². The second-order valence-electron chi connectivity index (χ2n) is 7.85. The van der Waals surface area contributed by atoms with Crippen LogP contribution < -0.4 is 4.74 Å². The van der Waals surface area contributed by atoms with Crippen LogP contribution in [-0.2, 0) is 9.47 Å². The van der Waals surface area contributed by atoms with Crippen LogP contribution in [0.1, 0.15) is 44.2 Å². The molecule has 156 valence electrons. The maximum Gasteiger partial charge on any atom is 0.410 e. The van der Waals surface area contributed by atoms with Gasteiger partial charge in [-0.1, -0.05) is 0 Å². The summed E-state index contributed by atoms with van der Waals surface area (Å²) in [6.45, 7) is 8.46. The van der Waals surface area contributed by atoms with Gasteiger partial charge in [-0.05, 0) is 58.0 Å². The van der Waals surface area contributed by atoms with Crippen molar-refractivity contribution in [1.82, 2.24) is 14.7 Å². The van der Waals surface area contributed by atoms with E-state index in [1.807, 2.05) is 45.0 Å². The van der Waals surface area contributed by atoms with Gasteiger partial charge < -0.3 is 19.1 Å². The van der Waals surface area contributed by atoms with Gasteiger partial charge in [0.15, 0.2) is 5.69 Å². The number of nitrogens with zero attached hydrogens (tertiary/aromatic N) is 3. The number of carbonyl (C=O) groups excluding carboxylic acids is 2. The molecule has 1 aromatic heterocycles. The standard InChI is InChI=1S/C21H27N3O5/c1-6-28-19(25)17-11-18(14-7-9-16(27-5)10-8-14)24(22-17)15-12-23(13-15)20(26)29-21(2,3)4/h7-11,15H,6,12-13H2,1-5H3. The lowest BCUT2D eigenvalue weighted by molar-refractivity contribution is -0.000353. The molecular weight excluding hydrogens is 374 g/mol. The molecule has 0 saturated carbocycles. The number of carbonyl (C=O) groups is 2. The second kappa shape index (κ2) is 8.14. The molecule has 1 aliphatic heterocycles. The van der Waals surface area contributed by atoms with Crippen molar-refractivity contribution in [1.29, 1.82) is 0 Å². The van der Waals surface area contributed by atoms with E-state index >= 15 is 0 Å². The third-order valence-electron chi connectivity index (χ3n) is 4.47. The second-order valence-corrected chi connectivity index (χ2v) is 7.85. The van der Waals surface area contributed by atoms with Gasteiger partial charge in [-0.3, -0.25) is 4.68 Å². The predicted molar refractivity (Wildman–Crippen MR) is 107 cm³/mol. The van der Waals surface area contributed by atoms with Gasteiger partial charge in [-0.15, -0.1) is 0 Å². The average Bonchev–Trinajstić information content (AvgIpc) is 3.04. The number of likely N-dealkylation sites (tertiary alicyclic amines) is 1. The Morgan fingerprint density at radius 1 is 1.17 bits per heavy atom. The van der Waals surface area contributed by atoms with Gasteiger partial charge in [-0.2, -0.15) is 5.10 Å². The van der Waals surface area contributed by atoms with Crippen molar-refractivity contribution in [3.8, 4) is 17.0 Å². The van der Waals surface area contributed by atoms with E-state index in [0.29, 0.717) is 13.1 Å². The minimum absolute atomic E-state index is 0.0530. The van der Waals surface area contributed by atoms with Crippen molar-refractivity contribution in [3.05, 3.63) is 36.0 Å². The maximum absolute atomic E-state index is 12.2. The van der Waals surface area contributed by atoms with Gasteiger partial charge in [0.25, 0.3) is 0 Å². The summed E-state index contributed by atoms with van der Waals surface area (Å²) in [6.07, 6.45) is -0.350. The Labute approximate surface area is 170 Å². The van der Waals surface area contributed by atoms with Crippen molar-refractivity contribution in [2.45, 2.75) is 39.3 Å². The normalized spacial score (nSPS) is 14.3. The Morgan fingerprint density at radius 3 is 2.38 bits per heavy atom. The number of rotatable bonds is 5. The van der Waals surface area contributed by atoms with E-state index < -0.39 is 11.6 Å². The fourth-order valence-electron chi connectivity index (χ4n) is 3.04. The first-order chi connectivity index (χ1) is 13.7. The molecule has 3 rings (SSSR count). The first-order valence-corrected chi connectivity index (χ1v) is 9.61.